The summed E-state index contributed by atoms with van der Waals surface area (Å²) in [6, 6.07) is 19.0. The molecule has 164 valence electrons. The van der Waals surface area contributed by atoms with Gasteiger partial charge in [-0.05, 0) is 60.4 Å². The van der Waals surface area contributed by atoms with Gasteiger partial charge in [0.15, 0.2) is 5.60 Å². The number of carbonyl (C=O) groups excluding carboxylic acids is 1. The number of nitrogens with zero attached hydrogens (tertiary/aromatic N) is 1. The number of carbonyl (C=O) groups is 1. The van der Waals surface area contributed by atoms with Crippen molar-refractivity contribution in [2.75, 3.05) is 13.1 Å². The molecule has 8 heteroatoms. The smallest absolute Gasteiger partial charge is 0.339 e. The van der Waals surface area contributed by atoms with E-state index in [-0.39, 0.29) is 11.4 Å². The summed E-state index contributed by atoms with van der Waals surface area (Å²) in [5.41, 5.74) is 1.95. The molecule has 3 aromatic carbocycles. The van der Waals surface area contributed by atoms with Crippen molar-refractivity contribution in [3.63, 3.8) is 0 Å². The summed E-state index contributed by atoms with van der Waals surface area (Å²) in [5.74, 6) is -0.399. The van der Waals surface area contributed by atoms with Crippen molar-refractivity contribution in [3.05, 3.63) is 87.9 Å². The van der Waals surface area contributed by atoms with E-state index in [1.165, 1.54) is 4.31 Å². The van der Waals surface area contributed by atoms with Crippen LogP contribution in [0.1, 0.15) is 28.8 Å². The van der Waals surface area contributed by atoms with Gasteiger partial charge in [-0.15, -0.1) is 0 Å². The second-order valence-corrected chi connectivity index (χ2v) is 10.9. The van der Waals surface area contributed by atoms with Crippen LogP contribution in [0, 0.1) is 0 Å². The van der Waals surface area contributed by atoms with Crippen LogP contribution in [-0.2, 0) is 20.4 Å². The zero-order valence-corrected chi connectivity index (χ0v) is 19.3. The fraction of sp³-hybridized carbons (Fsp3) is 0.208. The molecule has 0 radical (unpaired) electrons. The molecule has 2 aliphatic rings. The number of sulfonamides is 1. The number of hydrogen-bond acceptors (Lipinski definition) is 4. The van der Waals surface area contributed by atoms with Crippen LogP contribution in [0.5, 0.6) is 0 Å². The molecule has 1 unspecified atom stereocenters. The molecule has 5 nitrogen and oxygen atoms in total. The third kappa shape index (κ3) is 3.61. The molecule has 2 heterocycles. The Kier molecular flexibility index (Phi) is 5.29. The van der Waals surface area contributed by atoms with E-state index in [1.807, 2.05) is 12.1 Å². The predicted molar refractivity (Wildman–Crippen MR) is 123 cm³/mol. The van der Waals surface area contributed by atoms with Crippen LogP contribution in [0.2, 0.25) is 10.0 Å². The van der Waals surface area contributed by atoms with Gasteiger partial charge < -0.3 is 4.74 Å². The van der Waals surface area contributed by atoms with Gasteiger partial charge >= 0.3 is 5.97 Å². The first-order chi connectivity index (χ1) is 15.3. The van der Waals surface area contributed by atoms with Crippen LogP contribution < -0.4 is 0 Å². The Morgan fingerprint density at radius 2 is 1.59 bits per heavy atom. The largest absolute Gasteiger partial charge is 0.449 e. The Hall–Kier alpha value is -2.38. The highest BCUT2D eigenvalue weighted by atomic mass is 35.5. The average molecular weight is 488 g/mol. The van der Waals surface area contributed by atoms with E-state index in [1.54, 1.807) is 54.6 Å². The summed E-state index contributed by atoms with van der Waals surface area (Å²) >= 11 is 12.2. The van der Waals surface area contributed by atoms with E-state index < -0.39 is 21.6 Å². The number of piperidine rings is 1. The van der Waals surface area contributed by atoms with Crippen molar-refractivity contribution in [2.45, 2.75) is 23.3 Å². The topological polar surface area (TPSA) is 63.7 Å². The molecule has 0 N–H and O–H groups in total. The molecule has 0 amide bonds. The van der Waals surface area contributed by atoms with Crippen LogP contribution in [0.15, 0.2) is 71.6 Å². The van der Waals surface area contributed by atoms with Crippen molar-refractivity contribution in [2.24, 2.45) is 0 Å². The number of halogens is 2. The summed E-state index contributed by atoms with van der Waals surface area (Å²) in [6.45, 7) is 0.471. The summed E-state index contributed by atoms with van der Waals surface area (Å²) in [4.78, 5) is 12.6. The lowest BCUT2D eigenvalue weighted by Crippen LogP contribution is -2.48. The lowest BCUT2D eigenvalue weighted by atomic mass is 9.86. The lowest BCUT2D eigenvalue weighted by molar-refractivity contribution is -0.0345. The molecular formula is C24H19Cl2NO4S. The molecule has 3 aromatic rings. The van der Waals surface area contributed by atoms with Crippen LogP contribution in [-0.4, -0.2) is 31.8 Å². The minimum absolute atomic E-state index is 0.101. The lowest BCUT2D eigenvalue weighted by Gasteiger charge is -2.38. The first kappa shape index (κ1) is 21.5. The van der Waals surface area contributed by atoms with Crippen LogP contribution >= 0.6 is 23.2 Å². The van der Waals surface area contributed by atoms with Gasteiger partial charge in [0.25, 0.3) is 0 Å². The Morgan fingerprint density at radius 1 is 0.906 bits per heavy atom. The minimum Gasteiger partial charge on any atom is -0.449 e. The van der Waals surface area contributed by atoms with E-state index in [0.717, 1.165) is 16.7 Å². The second-order valence-electron chi connectivity index (χ2n) is 8.05. The van der Waals surface area contributed by atoms with E-state index in [2.05, 4.69) is 0 Å². The third-order valence-corrected chi connectivity index (χ3v) is 8.33. The number of hydrogen-bond donors (Lipinski definition) is 0. The molecule has 2 aliphatic heterocycles. The molecule has 1 saturated heterocycles. The number of rotatable bonds is 3. The SMILES string of the molecule is O=C1OC2(CCCN(S(=O)(=O)c3ccc(-c4cc(Cl)cc(Cl)c4)cc3)C2)c2ccccc21. The van der Waals surface area contributed by atoms with Gasteiger partial charge in [0, 0.05) is 22.2 Å². The zero-order valence-electron chi connectivity index (χ0n) is 16.9. The van der Waals surface area contributed by atoms with Gasteiger partial charge in [0.05, 0.1) is 17.0 Å². The molecule has 0 bridgehead atoms. The number of esters is 1. The Balaban J connectivity index is 1.44. The number of benzene rings is 3. The highest BCUT2D eigenvalue weighted by Gasteiger charge is 2.50. The quantitative estimate of drug-likeness (QED) is 0.456. The van der Waals surface area contributed by atoms with Gasteiger partial charge in [0.2, 0.25) is 10.0 Å². The van der Waals surface area contributed by atoms with E-state index in [0.29, 0.717) is 35.0 Å². The van der Waals surface area contributed by atoms with Crippen molar-refractivity contribution >= 4 is 39.2 Å². The van der Waals surface area contributed by atoms with Gasteiger partial charge in [-0.25, -0.2) is 13.2 Å². The maximum atomic E-state index is 13.4. The van der Waals surface area contributed by atoms with Crippen LogP contribution in [0.4, 0.5) is 0 Å². The summed E-state index contributed by atoms with van der Waals surface area (Å²) in [7, 11) is -3.77. The van der Waals surface area contributed by atoms with Gasteiger partial charge in [-0.3, -0.25) is 0 Å². The van der Waals surface area contributed by atoms with Crippen molar-refractivity contribution in [1.82, 2.24) is 4.31 Å². The highest BCUT2D eigenvalue weighted by molar-refractivity contribution is 7.89. The summed E-state index contributed by atoms with van der Waals surface area (Å²) in [6.07, 6.45) is 1.19. The Labute approximate surface area is 196 Å². The Bertz CT molecular complexity index is 1300. The molecule has 1 fully saturated rings. The van der Waals surface area contributed by atoms with Crippen LogP contribution in [0.3, 0.4) is 0 Å². The van der Waals surface area contributed by atoms with E-state index in [4.69, 9.17) is 27.9 Å². The van der Waals surface area contributed by atoms with Gasteiger partial charge in [-0.1, -0.05) is 53.5 Å². The number of ether oxygens (including phenoxy) is 1. The van der Waals surface area contributed by atoms with Gasteiger partial charge in [-0.2, -0.15) is 4.31 Å². The van der Waals surface area contributed by atoms with Gasteiger partial charge in [0.1, 0.15) is 0 Å². The molecule has 0 aliphatic carbocycles. The normalized spacial score (nSPS) is 20.9. The fourth-order valence-corrected chi connectivity index (χ4v) is 6.58. The van der Waals surface area contributed by atoms with Crippen molar-refractivity contribution < 1.29 is 17.9 Å². The van der Waals surface area contributed by atoms with E-state index >= 15 is 0 Å². The Morgan fingerprint density at radius 3 is 2.31 bits per heavy atom. The monoisotopic (exact) mass is 487 g/mol. The third-order valence-electron chi connectivity index (χ3n) is 6.03. The molecule has 1 spiro atoms. The maximum Gasteiger partial charge on any atom is 0.339 e. The van der Waals surface area contributed by atoms with Crippen molar-refractivity contribution in [3.8, 4) is 11.1 Å². The first-order valence-corrected chi connectivity index (χ1v) is 12.4. The first-order valence-electron chi connectivity index (χ1n) is 10.2. The number of fused-ring (bicyclic) bond motifs is 2. The zero-order chi connectivity index (χ0) is 22.5. The van der Waals surface area contributed by atoms with Crippen LogP contribution in [0.25, 0.3) is 11.1 Å². The molecule has 1 atom stereocenters. The maximum absolute atomic E-state index is 13.4. The fourth-order valence-electron chi connectivity index (χ4n) is 4.53. The predicted octanol–water partition coefficient (Wildman–Crippen LogP) is 5.51. The summed E-state index contributed by atoms with van der Waals surface area (Å²) < 4.78 is 34.0. The molecular weight excluding hydrogens is 469 g/mol. The standard InChI is InChI=1S/C24H19Cl2NO4S/c25-18-12-17(13-19(26)14-18)16-6-8-20(9-7-16)32(29,30)27-11-3-10-24(15-27)22-5-2-1-4-21(22)23(28)31-24/h1-2,4-9,12-14H,3,10-11,15H2. The molecule has 0 aromatic heterocycles. The average Bonchev–Trinajstić information content (AvgIpc) is 3.04. The second kappa shape index (κ2) is 7.89. The van der Waals surface area contributed by atoms with E-state index in [9.17, 15) is 13.2 Å². The molecule has 5 rings (SSSR count). The summed E-state index contributed by atoms with van der Waals surface area (Å²) in [5, 5.41) is 1.02. The minimum atomic E-state index is -3.77. The van der Waals surface area contributed by atoms with Crippen molar-refractivity contribution in [1.29, 1.82) is 0 Å². The molecule has 0 saturated carbocycles. The highest BCUT2D eigenvalue weighted by Crippen LogP contribution is 2.44. The molecule has 32 heavy (non-hydrogen) atoms.